The van der Waals surface area contributed by atoms with E-state index in [0.717, 1.165) is 16.9 Å². The summed E-state index contributed by atoms with van der Waals surface area (Å²) in [6, 6.07) is 19.0. The minimum absolute atomic E-state index is 0.0927. The highest BCUT2D eigenvalue weighted by molar-refractivity contribution is 6.32. The maximum absolute atomic E-state index is 12.5. The van der Waals surface area contributed by atoms with Crippen molar-refractivity contribution in [2.45, 2.75) is 32.6 Å². The van der Waals surface area contributed by atoms with Crippen molar-refractivity contribution in [3.8, 4) is 5.69 Å². The van der Waals surface area contributed by atoms with E-state index in [0.29, 0.717) is 17.3 Å². The van der Waals surface area contributed by atoms with E-state index < -0.39 is 0 Å². The van der Waals surface area contributed by atoms with E-state index in [1.807, 2.05) is 60.7 Å². The summed E-state index contributed by atoms with van der Waals surface area (Å²) < 4.78 is 1.70. The quantitative estimate of drug-likeness (QED) is 0.705. The van der Waals surface area contributed by atoms with Gasteiger partial charge in [-0.05, 0) is 17.7 Å². The van der Waals surface area contributed by atoms with E-state index in [1.54, 1.807) is 4.68 Å². The van der Waals surface area contributed by atoms with E-state index >= 15 is 0 Å². The lowest BCUT2D eigenvalue weighted by Gasteiger charge is -2.14. The highest BCUT2D eigenvalue weighted by Gasteiger charge is 2.22. The maximum atomic E-state index is 12.5. The monoisotopic (exact) mass is 367 g/mol. The van der Waals surface area contributed by atoms with Gasteiger partial charge in [-0.25, -0.2) is 4.68 Å². The Bertz CT molecular complexity index is 911. The maximum Gasteiger partial charge on any atom is 0.229 e. The van der Waals surface area contributed by atoms with Gasteiger partial charge in [-0.2, -0.15) is 5.10 Å². The molecule has 1 N–H and O–H groups in total. The molecule has 3 rings (SSSR count). The fourth-order valence-corrected chi connectivity index (χ4v) is 2.83. The van der Waals surface area contributed by atoms with Gasteiger partial charge in [-0.3, -0.25) is 4.79 Å². The van der Waals surface area contributed by atoms with Gasteiger partial charge in [0.25, 0.3) is 0 Å². The van der Waals surface area contributed by atoms with Crippen molar-refractivity contribution in [3.05, 3.63) is 76.9 Å². The van der Waals surface area contributed by atoms with Crippen molar-refractivity contribution in [2.24, 2.45) is 0 Å². The fourth-order valence-electron chi connectivity index (χ4n) is 2.61. The first-order valence-corrected chi connectivity index (χ1v) is 8.91. The number of hydrogen-bond donors (Lipinski definition) is 1. The molecule has 134 valence electrons. The van der Waals surface area contributed by atoms with E-state index in [-0.39, 0.29) is 11.3 Å². The first-order valence-electron chi connectivity index (χ1n) is 8.54. The lowest BCUT2D eigenvalue weighted by atomic mass is 9.92. The number of rotatable bonds is 4. The molecule has 26 heavy (non-hydrogen) atoms. The van der Waals surface area contributed by atoms with Crippen molar-refractivity contribution < 1.29 is 4.79 Å². The minimum Gasteiger partial charge on any atom is -0.310 e. The van der Waals surface area contributed by atoms with E-state index in [4.69, 9.17) is 16.7 Å². The Morgan fingerprint density at radius 1 is 1.08 bits per heavy atom. The Kier molecular flexibility index (Phi) is 5.14. The molecular weight excluding hydrogens is 346 g/mol. The summed E-state index contributed by atoms with van der Waals surface area (Å²) in [6.07, 6.45) is 0.305. The molecule has 0 saturated heterocycles. The third kappa shape index (κ3) is 4.14. The molecule has 0 bridgehead atoms. The van der Waals surface area contributed by atoms with Crippen LogP contribution in [0.5, 0.6) is 0 Å². The number of nitrogens with one attached hydrogen (secondary N) is 1. The number of carbonyl (C=O) groups is 1. The zero-order valence-corrected chi connectivity index (χ0v) is 15.9. The summed E-state index contributed by atoms with van der Waals surface area (Å²) in [4.78, 5) is 12.5. The van der Waals surface area contributed by atoms with Crippen LogP contribution in [0, 0.1) is 0 Å². The number of para-hydroxylation sites is 1. The van der Waals surface area contributed by atoms with Crippen LogP contribution in [0.25, 0.3) is 5.69 Å². The van der Waals surface area contributed by atoms with Crippen LogP contribution in [0.4, 0.5) is 5.82 Å². The zero-order valence-electron chi connectivity index (χ0n) is 15.2. The highest BCUT2D eigenvalue weighted by atomic mass is 35.5. The van der Waals surface area contributed by atoms with Gasteiger partial charge in [0.05, 0.1) is 22.8 Å². The number of benzene rings is 2. The second kappa shape index (κ2) is 7.34. The molecular formula is C21H22ClN3O. The molecule has 0 unspecified atom stereocenters. The van der Waals surface area contributed by atoms with E-state index in [2.05, 4.69) is 26.1 Å². The number of nitrogens with zero attached hydrogens (tertiary/aromatic N) is 2. The van der Waals surface area contributed by atoms with Crippen molar-refractivity contribution in [3.63, 3.8) is 0 Å². The van der Waals surface area contributed by atoms with Crippen LogP contribution in [-0.4, -0.2) is 15.7 Å². The van der Waals surface area contributed by atoms with Gasteiger partial charge in [0.1, 0.15) is 5.82 Å². The van der Waals surface area contributed by atoms with Gasteiger partial charge in [0.2, 0.25) is 5.91 Å². The Morgan fingerprint density at radius 2 is 1.73 bits per heavy atom. The van der Waals surface area contributed by atoms with Crippen molar-refractivity contribution in [1.29, 1.82) is 0 Å². The van der Waals surface area contributed by atoms with Gasteiger partial charge in [-0.15, -0.1) is 0 Å². The molecule has 0 fully saturated rings. The molecule has 0 aliphatic carbocycles. The smallest absolute Gasteiger partial charge is 0.229 e. The standard InChI is InChI=1S/C21H22ClN3O/c1-21(2,3)18-14-19(23-20(26)13-15-9-5-4-6-10-15)25(24-18)17-12-8-7-11-16(17)22/h4-12,14H,13H2,1-3H3,(H,23,26). The van der Waals surface area contributed by atoms with Crippen LogP contribution < -0.4 is 5.32 Å². The van der Waals surface area contributed by atoms with Gasteiger partial charge in [0, 0.05) is 11.5 Å². The van der Waals surface area contributed by atoms with Crippen LogP contribution in [0.2, 0.25) is 5.02 Å². The summed E-state index contributed by atoms with van der Waals surface area (Å²) in [5, 5.41) is 8.25. The summed E-state index contributed by atoms with van der Waals surface area (Å²) in [7, 11) is 0. The second-order valence-electron chi connectivity index (χ2n) is 7.24. The van der Waals surface area contributed by atoms with Crippen LogP contribution in [0.15, 0.2) is 60.7 Å². The van der Waals surface area contributed by atoms with Crippen molar-refractivity contribution in [2.75, 3.05) is 5.32 Å². The van der Waals surface area contributed by atoms with Gasteiger partial charge in [-0.1, -0.05) is 74.8 Å². The highest BCUT2D eigenvalue weighted by Crippen LogP contribution is 2.29. The molecule has 0 aliphatic heterocycles. The lowest BCUT2D eigenvalue weighted by Crippen LogP contribution is -2.17. The predicted octanol–water partition coefficient (Wildman–Crippen LogP) is 5.00. The first kappa shape index (κ1) is 18.2. The third-order valence-corrected chi connectivity index (χ3v) is 4.35. The molecule has 1 heterocycles. The molecule has 3 aromatic rings. The number of anilines is 1. The normalized spacial score (nSPS) is 11.4. The lowest BCUT2D eigenvalue weighted by molar-refractivity contribution is -0.115. The van der Waals surface area contributed by atoms with Crippen molar-refractivity contribution in [1.82, 2.24) is 9.78 Å². The molecule has 1 aromatic heterocycles. The molecule has 0 radical (unpaired) electrons. The number of aromatic nitrogens is 2. The second-order valence-corrected chi connectivity index (χ2v) is 7.65. The van der Waals surface area contributed by atoms with Crippen molar-refractivity contribution >= 4 is 23.3 Å². The Labute approximate surface area is 158 Å². The average molecular weight is 368 g/mol. The number of carbonyl (C=O) groups excluding carboxylic acids is 1. The fraction of sp³-hybridized carbons (Fsp3) is 0.238. The summed E-state index contributed by atoms with van der Waals surface area (Å²) in [5.74, 6) is 0.522. The van der Waals surface area contributed by atoms with E-state index in [9.17, 15) is 4.79 Å². The Morgan fingerprint density at radius 3 is 2.38 bits per heavy atom. The van der Waals surface area contributed by atoms with Crippen LogP contribution in [-0.2, 0) is 16.6 Å². The SMILES string of the molecule is CC(C)(C)c1cc(NC(=O)Cc2ccccc2)n(-c2ccccc2Cl)n1. The molecule has 0 atom stereocenters. The van der Waals surface area contributed by atoms with Crippen LogP contribution in [0.1, 0.15) is 32.0 Å². The average Bonchev–Trinajstić information content (AvgIpc) is 3.00. The van der Waals surface area contributed by atoms with Crippen LogP contribution in [0.3, 0.4) is 0 Å². The molecule has 5 heteroatoms. The molecule has 2 aromatic carbocycles. The number of hydrogen-bond acceptors (Lipinski definition) is 2. The molecule has 1 amide bonds. The molecule has 0 saturated carbocycles. The van der Waals surface area contributed by atoms with Crippen LogP contribution >= 0.6 is 11.6 Å². The topological polar surface area (TPSA) is 46.9 Å². The number of amides is 1. The Hall–Kier alpha value is -2.59. The van der Waals surface area contributed by atoms with E-state index in [1.165, 1.54) is 0 Å². The summed E-state index contributed by atoms with van der Waals surface area (Å²) in [6.45, 7) is 6.26. The molecule has 0 aliphatic rings. The summed E-state index contributed by atoms with van der Waals surface area (Å²) >= 11 is 6.35. The number of halogens is 1. The molecule has 4 nitrogen and oxygen atoms in total. The third-order valence-electron chi connectivity index (χ3n) is 4.03. The first-order chi connectivity index (χ1) is 12.3. The van der Waals surface area contributed by atoms with Gasteiger partial charge in [0.15, 0.2) is 0 Å². The minimum atomic E-state index is -0.147. The zero-order chi connectivity index (χ0) is 18.7. The van der Waals surface area contributed by atoms with Gasteiger partial charge >= 0.3 is 0 Å². The Balaban J connectivity index is 1.94. The summed E-state index contributed by atoms with van der Waals surface area (Å²) in [5.41, 5.74) is 2.43. The molecule has 0 spiro atoms. The largest absolute Gasteiger partial charge is 0.310 e. The predicted molar refractivity (Wildman–Crippen MR) is 106 cm³/mol. The van der Waals surface area contributed by atoms with Gasteiger partial charge < -0.3 is 5.32 Å².